The van der Waals surface area contributed by atoms with Gasteiger partial charge in [0.2, 0.25) is 0 Å². The number of hydrogen-bond donors (Lipinski definition) is 2. The van der Waals surface area contributed by atoms with Crippen LogP contribution >= 0.6 is 0 Å². The molecule has 3 N–H and O–H groups in total. The van der Waals surface area contributed by atoms with Crippen molar-refractivity contribution in [2.24, 2.45) is 0 Å². The topological polar surface area (TPSA) is 103 Å². The van der Waals surface area contributed by atoms with Gasteiger partial charge in [-0.05, 0) is 44.7 Å². The predicted molar refractivity (Wildman–Crippen MR) is 131 cm³/mol. The van der Waals surface area contributed by atoms with Crippen molar-refractivity contribution in [2.45, 2.75) is 40.0 Å². The third kappa shape index (κ3) is 3.40. The van der Waals surface area contributed by atoms with E-state index in [2.05, 4.69) is 57.4 Å². The highest BCUT2D eigenvalue weighted by atomic mass is 16.5. The third-order valence-corrected chi connectivity index (χ3v) is 6.32. The van der Waals surface area contributed by atoms with E-state index in [1.165, 1.54) is 5.56 Å². The number of aryl methyl sites for hydroxylation is 3. The van der Waals surface area contributed by atoms with Crippen LogP contribution in [0, 0.1) is 20.8 Å². The Morgan fingerprint density at radius 2 is 1.85 bits per heavy atom. The van der Waals surface area contributed by atoms with Crippen LogP contribution in [0.2, 0.25) is 0 Å². The zero-order valence-corrected chi connectivity index (χ0v) is 19.5. The van der Waals surface area contributed by atoms with Gasteiger partial charge in [0.1, 0.15) is 28.8 Å². The minimum atomic E-state index is 0.251. The summed E-state index contributed by atoms with van der Waals surface area (Å²) in [5, 5.41) is 6.00. The molecule has 0 spiro atoms. The summed E-state index contributed by atoms with van der Waals surface area (Å²) in [6.45, 7) is 7.93. The zero-order valence-electron chi connectivity index (χ0n) is 19.5. The third-order valence-electron chi connectivity index (χ3n) is 6.32. The number of aromatic nitrogens is 4. The lowest BCUT2D eigenvalue weighted by molar-refractivity contribution is 0.393. The molecule has 33 heavy (non-hydrogen) atoms. The molecule has 168 valence electrons. The van der Waals surface area contributed by atoms with Crippen LogP contribution in [0.15, 0.2) is 40.9 Å². The molecule has 5 rings (SSSR count). The number of fused-ring (bicyclic) bond motifs is 3. The van der Waals surface area contributed by atoms with E-state index < -0.39 is 0 Å². The Kier molecular flexibility index (Phi) is 5.04. The van der Waals surface area contributed by atoms with E-state index in [0.29, 0.717) is 11.6 Å². The molecule has 0 fully saturated rings. The Morgan fingerprint density at radius 3 is 2.52 bits per heavy atom. The Balaban J connectivity index is 1.86. The van der Waals surface area contributed by atoms with Crippen LogP contribution in [-0.2, 0) is 6.42 Å². The first-order valence-electron chi connectivity index (χ1n) is 11.0. The lowest BCUT2D eigenvalue weighted by Crippen LogP contribution is -2.04. The van der Waals surface area contributed by atoms with Gasteiger partial charge in [0.25, 0.3) is 0 Å². The Labute approximate surface area is 192 Å². The number of aromatic amines is 1. The SMILES string of the molecule is COc1c(-c2c(C)noc2C)cc2[nH]c3nc(C)nc(N)c3c2c1CC(C)c1ccccc1. The molecule has 0 radical (unpaired) electrons. The molecular weight excluding hydrogens is 414 g/mol. The first-order valence-corrected chi connectivity index (χ1v) is 11.0. The lowest BCUT2D eigenvalue weighted by Gasteiger charge is -2.19. The van der Waals surface area contributed by atoms with Gasteiger partial charge in [-0.2, -0.15) is 0 Å². The van der Waals surface area contributed by atoms with E-state index in [-0.39, 0.29) is 5.92 Å². The molecule has 2 aromatic carbocycles. The van der Waals surface area contributed by atoms with Crippen LogP contribution in [-0.4, -0.2) is 27.2 Å². The number of anilines is 1. The van der Waals surface area contributed by atoms with Crippen molar-refractivity contribution in [1.29, 1.82) is 0 Å². The first kappa shape index (κ1) is 21.0. The highest BCUT2D eigenvalue weighted by Crippen LogP contribution is 2.45. The molecule has 3 heterocycles. The number of nitrogen functional groups attached to an aromatic ring is 1. The minimum Gasteiger partial charge on any atom is -0.496 e. The lowest BCUT2D eigenvalue weighted by atomic mass is 9.88. The Morgan fingerprint density at radius 1 is 1.09 bits per heavy atom. The maximum atomic E-state index is 6.41. The molecule has 7 heteroatoms. The summed E-state index contributed by atoms with van der Waals surface area (Å²) in [5.41, 5.74) is 13.1. The van der Waals surface area contributed by atoms with Crippen molar-refractivity contribution in [3.05, 3.63) is 64.8 Å². The number of nitrogens with zero attached hydrogens (tertiary/aromatic N) is 3. The molecule has 0 bridgehead atoms. The molecule has 7 nitrogen and oxygen atoms in total. The quantitative estimate of drug-likeness (QED) is 0.366. The zero-order chi connectivity index (χ0) is 23.3. The fourth-order valence-electron chi connectivity index (χ4n) is 4.85. The maximum Gasteiger partial charge on any atom is 0.144 e. The molecule has 0 aliphatic carbocycles. The van der Waals surface area contributed by atoms with Gasteiger partial charge in [-0.1, -0.05) is 42.4 Å². The van der Waals surface area contributed by atoms with Crippen molar-refractivity contribution in [3.8, 4) is 16.9 Å². The predicted octanol–water partition coefficient (Wildman–Crippen LogP) is 5.63. The largest absolute Gasteiger partial charge is 0.496 e. The number of ether oxygens (including phenoxy) is 1. The van der Waals surface area contributed by atoms with Gasteiger partial charge in [-0.25, -0.2) is 9.97 Å². The molecular formula is C26H27N5O2. The summed E-state index contributed by atoms with van der Waals surface area (Å²) in [7, 11) is 1.71. The number of benzene rings is 2. The number of nitrogens with two attached hydrogens (primary N) is 1. The molecule has 1 atom stereocenters. The number of methoxy groups -OCH3 is 1. The van der Waals surface area contributed by atoms with E-state index >= 15 is 0 Å². The maximum absolute atomic E-state index is 6.41. The van der Waals surface area contributed by atoms with E-state index in [1.54, 1.807) is 7.11 Å². The Hall–Kier alpha value is -3.87. The van der Waals surface area contributed by atoms with Gasteiger partial charge >= 0.3 is 0 Å². The summed E-state index contributed by atoms with van der Waals surface area (Å²) >= 11 is 0. The molecule has 0 saturated heterocycles. The highest BCUT2D eigenvalue weighted by Gasteiger charge is 2.25. The molecule has 1 unspecified atom stereocenters. The second-order valence-electron chi connectivity index (χ2n) is 8.58. The molecule has 3 aromatic heterocycles. The van der Waals surface area contributed by atoms with Crippen LogP contribution in [0.3, 0.4) is 0 Å². The first-order chi connectivity index (χ1) is 15.9. The van der Waals surface area contributed by atoms with Crippen LogP contribution in [0.5, 0.6) is 5.75 Å². The van der Waals surface area contributed by atoms with Crippen molar-refractivity contribution >= 4 is 27.8 Å². The number of rotatable bonds is 5. The summed E-state index contributed by atoms with van der Waals surface area (Å²) in [6, 6.07) is 12.6. The van der Waals surface area contributed by atoms with Gasteiger partial charge in [0, 0.05) is 22.0 Å². The second kappa shape index (κ2) is 7.92. The normalized spacial score (nSPS) is 12.5. The average molecular weight is 442 g/mol. The van der Waals surface area contributed by atoms with Crippen LogP contribution in [0.25, 0.3) is 33.1 Å². The van der Waals surface area contributed by atoms with Crippen LogP contribution in [0.4, 0.5) is 5.82 Å². The van der Waals surface area contributed by atoms with Crippen molar-refractivity contribution in [3.63, 3.8) is 0 Å². The number of nitrogens with one attached hydrogen (secondary N) is 1. The fraction of sp³-hybridized carbons (Fsp3) is 0.269. The van der Waals surface area contributed by atoms with Gasteiger partial charge in [0.15, 0.2) is 0 Å². The van der Waals surface area contributed by atoms with E-state index in [0.717, 1.165) is 62.3 Å². The van der Waals surface area contributed by atoms with Crippen LogP contribution in [0.1, 0.15) is 41.2 Å². The average Bonchev–Trinajstić information content (AvgIpc) is 3.32. The summed E-state index contributed by atoms with van der Waals surface area (Å²) in [4.78, 5) is 12.5. The smallest absolute Gasteiger partial charge is 0.144 e. The Bertz CT molecular complexity index is 1460. The molecule has 0 amide bonds. The van der Waals surface area contributed by atoms with Crippen molar-refractivity contribution < 1.29 is 9.26 Å². The van der Waals surface area contributed by atoms with Gasteiger partial charge < -0.3 is 20.0 Å². The monoisotopic (exact) mass is 441 g/mol. The van der Waals surface area contributed by atoms with Gasteiger partial charge in [0.05, 0.1) is 23.8 Å². The standard InChI is InChI=1S/C26H27N5O2/c1-13(17-9-7-6-8-10-17)11-18-22-20(30-26-23(22)25(27)28-16(4)29-26)12-19(24(18)32-5)21-14(2)31-33-15(21)3/h6-10,12-13H,11H2,1-5H3,(H3,27,28,29,30). The highest BCUT2D eigenvalue weighted by molar-refractivity contribution is 6.14. The molecule has 0 aliphatic heterocycles. The minimum absolute atomic E-state index is 0.251. The van der Waals surface area contributed by atoms with E-state index in [4.69, 9.17) is 15.0 Å². The molecule has 5 aromatic rings. The van der Waals surface area contributed by atoms with Gasteiger partial charge in [-0.15, -0.1) is 0 Å². The van der Waals surface area contributed by atoms with E-state index in [1.807, 2.05) is 26.8 Å². The molecule has 0 saturated carbocycles. The summed E-state index contributed by atoms with van der Waals surface area (Å²) < 4.78 is 11.6. The number of H-pyrrole nitrogens is 1. The molecule has 0 aliphatic rings. The summed E-state index contributed by atoms with van der Waals surface area (Å²) in [5.74, 6) is 2.88. The van der Waals surface area contributed by atoms with E-state index in [9.17, 15) is 0 Å². The van der Waals surface area contributed by atoms with Crippen molar-refractivity contribution in [2.75, 3.05) is 12.8 Å². The van der Waals surface area contributed by atoms with Crippen molar-refractivity contribution in [1.82, 2.24) is 20.1 Å². The van der Waals surface area contributed by atoms with Gasteiger partial charge in [-0.3, -0.25) is 0 Å². The second-order valence-corrected chi connectivity index (χ2v) is 8.58. The number of hydrogen-bond acceptors (Lipinski definition) is 6. The fourth-order valence-corrected chi connectivity index (χ4v) is 4.85. The summed E-state index contributed by atoms with van der Waals surface area (Å²) in [6.07, 6.45) is 0.751. The van der Waals surface area contributed by atoms with Crippen LogP contribution < -0.4 is 10.5 Å².